The lowest BCUT2D eigenvalue weighted by Gasteiger charge is -2.26. The summed E-state index contributed by atoms with van der Waals surface area (Å²) < 4.78 is 5.84. The van der Waals surface area contributed by atoms with E-state index >= 15 is 0 Å². The standard InChI is InChI=1S/C26H36N2O2/c1-20(30-24-13-11-23(12-14-24)26(2,3)4)25(29)27-18-21-9-8-10-22(17-21)19-28-15-6-5-7-16-28/h8-14,17,20H,5-7,15-16,18-19H2,1-4H3,(H,27,29)/t20-/m1/s1. The van der Waals surface area contributed by atoms with Crippen LogP contribution in [0.2, 0.25) is 0 Å². The van der Waals surface area contributed by atoms with Gasteiger partial charge >= 0.3 is 0 Å². The van der Waals surface area contributed by atoms with E-state index in [4.69, 9.17) is 4.74 Å². The van der Waals surface area contributed by atoms with Gasteiger partial charge in [-0.05, 0) is 67.1 Å². The molecule has 0 saturated carbocycles. The molecular formula is C26H36N2O2. The van der Waals surface area contributed by atoms with Crippen molar-refractivity contribution in [3.8, 4) is 5.75 Å². The SMILES string of the molecule is C[C@@H](Oc1ccc(C(C)(C)C)cc1)C(=O)NCc1cccc(CN2CCCCC2)c1. The second-order valence-electron chi connectivity index (χ2n) is 9.41. The number of hydrogen-bond donors (Lipinski definition) is 1. The highest BCUT2D eigenvalue weighted by Crippen LogP contribution is 2.24. The summed E-state index contributed by atoms with van der Waals surface area (Å²) in [5.41, 5.74) is 3.78. The minimum absolute atomic E-state index is 0.101. The summed E-state index contributed by atoms with van der Waals surface area (Å²) in [5, 5.41) is 3.01. The number of nitrogens with one attached hydrogen (secondary N) is 1. The van der Waals surface area contributed by atoms with Crippen LogP contribution in [0.4, 0.5) is 0 Å². The summed E-state index contributed by atoms with van der Waals surface area (Å²) in [4.78, 5) is 15.0. The molecule has 3 rings (SSSR count). The Kier molecular flexibility index (Phi) is 7.54. The molecule has 2 aromatic carbocycles. The first-order valence-corrected chi connectivity index (χ1v) is 11.2. The maximum Gasteiger partial charge on any atom is 0.261 e. The van der Waals surface area contributed by atoms with Crippen LogP contribution < -0.4 is 10.1 Å². The molecule has 1 heterocycles. The normalized spacial score (nSPS) is 16.1. The van der Waals surface area contributed by atoms with Crippen molar-refractivity contribution in [2.24, 2.45) is 0 Å². The van der Waals surface area contributed by atoms with E-state index in [0.717, 1.165) is 12.1 Å². The van der Waals surface area contributed by atoms with Crippen molar-refractivity contribution in [1.29, 1.82) is 0 Å². The summed E-state index contributed by atoms with van der Waals surface area (Å²) in [6.45, 7) is 12.2. The smallest absolute Gasteiger partial charge is 0.261 e. The zero-order valence-corrected chi connectivity index (χ0v) is 18.9. The van der Waals surface area contributed by atoms with Crippen LogP contribution in [0.15, 0.2) is 48.5 Å². The molecule has 0 spiro atoms. The zero-order valence-electron chi connectivity index (χ0n) is 18.9. The van der Waals surface area contributed by atoms with Gasteiger partial charge in [0.15, 0.2) is 6.10 Å². The monoisotopic (exact) mass is 408 g/mol. The Morgan fingerprint density at radius 1 is 1.03 bits per heavy atom. The van der Waals surface area contributed by atoms with E-state index < -0.39 is 6.10 Å². The average Bonchev–Trinajstić information content (AvgIpc) is 2.73. The third kappa shape index (κ3) is 6.60. The molecule has 30 heavy (non-hydrogen) atoms. The van der Waals surface area contributed by atoms with Crippen LogP contribution in [0.3, 0.4) is 0 Å². The van der Waals surface area contributed by atoms with E-state index in [1.165, 1.54) is 43.5 Å². The minimum atomic E-state index is -0.540. The highest BCUT2D eigenvalue weighted by Gasteiger charge is 2.17. The highest BCUT2D eigenvalue weighted by atomic mass is 16.5. The first kappa shape index (κ1) is 22.4. The van der Waals surface area contributed by atoms with Crippen molar-refractivity contribution in [2.75, 3.05) is 13.1 Å². The number of piperidine rings is 1. The van der Waals surface area contributed by atoms with Gasteiger partial charge in [-0.25, -0.2) is 0 Å². The van der Waals surface area contributed by atoms with Gasteiger partial charge in [0.1, 0.15) is 5.75 Å². The van der Waals surface area contributed by atoms with Crippen LogP contribution in [-0.4, -0.2) is 30.0 Å². The summed E-state index contributed by atoms with van der Waals surface area (Å²) >= 11 is 0. The summed E-state index contributed by atoms with van der Waals surface area (Å²) in [5.74, 6) is 0.616. The molecule has 0 unspecified atom stereocenters. The largest absolute Gasteiger partial charge is 0.481 e. The lowest BCUT2D eigenvalue weighted by atomic mass is 9.87. The molecule has 0 aliphatic carbocycles. The fourth-order valence-corrected chi connectivity index (χ4v) is 3.84. The van der Waals surface area contributed by atoms with Crippen LogP contribution in [-0.2, 0) is 23.3 Å². The van der Waals surface area contributed by atoms with E-state index in [0.29, 0.717) is 12.3 Å². The number of carbonyl (C=O) groups excluding carboxylic acids is 1. The van der Waals surface area contributed by atoms with Crippen molar-refractivity contribution in [3.63, 3.8) is 0 Å². The van der Waals surface area contributed by atoms with Crippen LogP contribution in [0, 0.1) is 0 Å². The lowest BCUT2D eigenvalue weighted by molar-refractivity contribution is -0.127. The second kappa shape index (κ2) is 10.1. The molecule has 0 aromatic heterocycles. The molecule has 1 atom stereocenters. The van der Waals surface area contributed by atoms with Crippen molar-refractivity contribution < 1.29 is 9.53 Å². The van der Waals surface area contributed by atoms with E-state index in [1.807, 2.05) is 12.1 Å². The van der Waals surface area contributed by atoms with Gasteiger partial charge in [-0.15, -0.1) is 0 Å². The molecule has 4 nitrogen and oxygen atoms in total. The number of likely N-dealkylation sites (tertiary alicyclic amines) is 1. The van der Waals surface area contributed by atoms with Gasteiger partial charge in [0.05, 0.1) is 0 Å². The minimum Gasteiger partial charge on any atom is -0.481 e. The molecule has 1 aliphatic rings. The number of ether oxygens (including phenoxy) is 1. The molecule has 1 fully saturated rings. The van der Waals surface area contributed by atoms with E-state index in [2.05, 4.69) is 67.4 Å². The molecule has 1 aliphatic heterocycles. The van der Waals surface area contributed by atoms with Gasteiger partial charge in [-0.1, -0.05) is 63.6 Å². The number of rotatable bonds is 7. The predicted molar refractivity (Wildman–Crippen MR) is 123 cm³/mol. The van der Waals surface area contributed by atoms with Crippen LogP contribution >= 0.6 is 0 Å². The number of amides is 1. The Morgan fingerprint density at radius 2 is 1.70 bits per heavy atom. The van der Waals surface area contributed by atoms with Gasteiger partial charge in [0.25, 0.3) is 5.91 Å². The third-order valence-electron chi connectivity index (χ3n) is 5.72. The van der Waals surface area contributed by atoms with Gasteiger partial charge < -0.3 is 10.1 Å². The maximum absolute atomic E-state index is 12.5. The molecule has 1 N–H and O–H groups in total. The van der Waals surface area contributed by atoms with Gasteiger partial charge in [-0.3, -0.25) is 9.69 Å². The predicted octanol–water partition coefficient (Wildman–Crippen LogP) is 5.05. The summed E-state index contributed by atoms with van der Waals surface area (Å²) in [6.07, 6.45) is 3.41. The number of carbonyl (C=O) groups is 1. The van der Waals surface area contributed by atoms with Crippen LogP contribution in [0.5, 0.6) is 5.75 Å². The quantitative estimate of drug-likeness (QED) is 0.697. The Labute approximate surface area is 181 Å². The van der Waals surface area contributed by atoms with Crippen molar-refractivity contribution in [2.45, 2.75) is 71.6 Å². The molecular weight excluding hydrogens is 372 g/mol. The average molecular weight is 409 g/mol. The Hall–Kier alpha value is -2.33. The first-order chi connectivity index (χ1) is 14.3. The van der Waals surface area contributed by atoms with Crippen molar-refractivity contribution >= 4 is 5.91 Å². The Balaban J connectivity index is 1.49. The van der Waals surface area contributed by atoms with Crippen molar-refractivity contribution in [3.05, 3.63) is 65.2 Å². The fourth-order valence-electron chi connectivity index (χ4n) is 3.84. The fraction of sp³-hybridized carbons (Fsp3) is 0.500. The molecule has 1 amide bonds. The number of nitrogens with zero attached hydrogens (tertiary/aromatic N) is 1. The second-order valence-corrected chi connectivity index (χ2v) is 9.41. The molecule has 0 radical (unpaired) electrons. The van der Waals surface area contributed by atoms with Gasteiger partial charge in [0.2, 0.25) is 0 Å². The van der Waals surface area contributed by atoms with Gasteiger partial charge in [-0.2, -0.15) is 0 Å². The topological polar surface area (TPSA) is 41.6 Å². The Bertz CT molecular complexity index is 818. The molecule has 1 saturated heterocycles. The number of benzene rings is 2. The highest BCUT2D eigenvalue weighted by molar-refractivity contribution is 5.80. The van der Waals surface area contributed by atoms with Crippen LogP contribution in [0.25, 0.3) is 0 Å². The molecule has 4 heteroatoms. The molecule has 2 aromatic rings. The number of hydrogen-bond acceptors (Lipinski definition) is 3. The Morgan fingerprint density at radius 3 is 2.37 bits per heavy atom. The van der Waals surface area contributed by atoms with Crippen molar-refractivity contribution in [1.82, 2.24) is 10.2 Å². The van der Waals surface area contributed by atoms with E-state index in [1.54, 1.807) is 6.92 Å². The zero-order chi connectivity index (χ0) is 21.6. The third-order valence-corrected chi connectivity index (χ3v) is 5.72. The van der Waals surface area contributed by atoms with Gasteiger partial charge in [0, 0.05) is 13.1 Å². The van der Waals surface area contributed by atoms with E-state index in [-0.39, 0.29) is 11.3 Å². The molecule has 162 valence electrons. The summed E-state index contributed by atoms with van der Waals surface area (Å²) in [6, 6.07) is 16.5. The summed E-state index contributed by atoms with van der Waals surface area (Å²) in [7, 11) is 0. The lowest BCUT2D eigenvalue weighted by Crippen LogP contribution is -2.36. The first-order valence-electron chi connectivity index (χ1n) is 11.2. The molecule has 0 bridgehead atoms. The van der Waals surface area contributed by atoms with Crippen LogP contribution in [0.1, 0.15) is 63.6 Å². The maximum atomic E-state index is 12.5. The van der Waals surface area contributed by atoms with E-state index in [9.17, 15) is 4.79 Å².